The van der Waals surface area contributed by atoms with Crippen molar-refractivity contribution in [3.05, 3.63) is 57.6 Å². The number of nitriles is 1. The number of nitrogen functional groups attached to an aromatic ring is 1. The third kappa shape index (κ3) is 3.04. The van der Waals surface area contributed by atoms with Gasteiger partial charge < -0.3 is 10.5 Å². The average Bonchev–Trinajstić information content (AvgIpc) is 2.42. The number of hydrogen-bond acceptors (Lipinski definition) is 3. The Kier molecular flexibility index (Phi) is 4.16. The monoisotopic (exact) mass is 286 g/mol. The fraction of sp³-hybridized carbons (Fsp3) is 0.188. The normalized spacial score (nSPS) is 10.1. The molecule has 0 aliphatic rings. The van der Waals surface area contributed by atoms with E-state index < -0.39 is 0 Å². The SMILES string of the molecule is Cc1cc(OCc2ccc(C#N)cc2Cl)c(C)cc1N. The molecule has 0 aromatic heterocycles. The van der Waals surface area contributed by atoms with Crippen molar-refractivity contribution in [2.24, 2.45) is 0 Å². The van der Waals surface area contributed by atoms with Crippen molar-refractivity contribution in [2.45, 2.75) is 20.5 Å². The number of benzene rings is 2. The zero-order valence-corrected chi connectivity index (χ0v) is 12.2. The summed E-state index contributed by atoms with van der Waals surface area (Å²) < 4.78 is 5.79. The van der Waals surface area contributed by atoms with Gasteiger partial charge in [-0.1, -0.05) is 17.7 Å². The van der Waals surface area contributed by atoms with Crippen LogP contribution in [0.1, 0.15) is 22.3 Å². The number of nitrogens with zero attached hydrogens (tertiary/aromatic N) is 1. The third-order valence-corrected chi connectivity index (χ3v) is 3.48. The molecule has 0 radical (unpaired) electrons. The zero-order valence-electron chi connectivity index (χ0n) is 11.4. The maximum atomic E-state index is 8.80. The van der Waals surface area contributed by atoms with Crippen molar-refractivity contribution >= 4 is 17.3 Å². The molecule has 0 aliphatic heterocycles. The molecule has 4 heteroatoms. The summed E-state index contributed by atoms with van der Waals surface area (Å²) in [5.41, 5.74) is 9.96. The van der Waals surface area contributed by atoms with Crippen LogP contribution in [-0.4, -0.2) is 0 Å². The molecular weight excluding hydrogens is 272 g/mol. The van der Waals surface area contributed by atoms with Crippen LogP contribution in [0.3, 0.4) is 0 Å². The second-order valence-corrected chi connectivity index (χ2v) is 5.09. The van der Waals surface area contributed by atoms with Crippen LogP contribution in [0.25, 0.3) is 0 Å². The van der Waals surface area contributed by atoms with Crippen LogP contribution in [-0.2, 0) is 6.61 Å². The molecular formula is C16H15ClN2O. The first-order chi connectivity index (χ1) is 9.51. The number of ether oxygens (including phenoxy) is 1. The Hall–Kier alpha value is -2.18. The second-order valence-electron chi connectivity index (χ2n) is 4.68. The maximum absolute atomic E-state index is 8.80. The summed E-state index contributed by atoms with van der Waals surface area (Å²) in [4.78, 5) is 0. The van der Waals surface area contributed by atoms with E-state index in [0.29, 0.717) is 17.2 Å². The van der Waals surface area contributed by atoms with E-state index in [2.05, 4.69) is 6.07 Å². The van der Waals surface area contributed by atoms with E-state index in [4.69, 9.17) is 27.3 Å². The van der Waals surface area contributed by atoms with Crippen LogP contribution in [0.2, 0.25) is 5.02 Å². The van der Waals surface area contributed by atoms with Gasteiger partial charge in [0.2, 0.25) is 0 Å². The minimum Gasteiger partial charge on any atom is -0.489 e. The van der Waals surface area contributed by atoms with Gasteiger partial charge in [-0.15, -0.1) is 0 Å². The van der Waals surface area contributed by atoms with Crippen LogP contribution in [0.5, 0.6) is 5.75 Å². The smallest absolute Gasteiger partial charge is 0.123 e. The maximum Gasteiger partial charge on any atom is 0.123 e. The highest BCUT2D eigenvalue weighted by Gasteiger charge is 2.06. The summed E-state index contributed by atoms with van der Waals surface area (Å²) in [6, 6.07) is 11.0. The highest BCUT2D eigenvalue weighted by Crippen LogP contribution is 2.26. The van der Waals surface area contributed by atoms with Crippen LogP contribution < -0.4 is 10.5 Å². The molecule has 2 N–H and O–H groups in total. The lowest BCUT2D eigenvalue weighted by Crippen LogP contribution is -2.00. The summed E-state index contributed by atoms with van der Waals surface area (Å²) in [7, 11) is 0. The lowest BCUT2D eigenvalue weighted by Gasteiger charge is -2.12. The molecule has 0 spiro atoms. The first kappa shape index (κ1) is 14.2. The zero-order chi connectivity index (χ0) is 14.7. The van der Waals surface area contributed by atoms with Crippen molar-refractivity contribution in [3.8, 4) is 11.8 Å². The first-order valence-corrected chi connectivity index (χ1v) is 6.57. The van der Waals surface area contributed by atoms with E-state index in [0.717, 1.165) is 28.1 Å². The summed E-state index contributed by atoms with van der Waals surface area (Å²) in [6.45, 7) is 4.25. The van der Waals surface area contributed by atoms with Crippen molar-refractivity contribution < 1.29 is 4.74 Å². The van der Waals surface area contributed by atoms with Gasteiger partial charge in [0.15, 0.2) is 0 Å². The molecule has 0 saturated heterocycles. The fourth-order valence-electron chi connectivity index (χ4n) is 1.86. The Balaban J connectivity index is 2.17. The number of halogens is 1. The average molecular weight is 287 g/mol. The van der Waals surface area contributed by atoms with Crippen molar-refractivity contribution in [1.29, 1.82) is 5.26 Å². The Bertz CT molecular complexity index is 690. The van der Waals surface area contributed by atoms with Gasteiger partial charge in [0.25, 0.3) is 0 Å². The van der Waals surface area contributed by atoms with Crippen LogP contribution in [0.4, 0.5) is 5.69 Å². The molecule has 0 fully saturated rings. The van der Waals surface area contributed by atoms with Gasteiger partial charge in [-0.25, -0.2) is 0 Å². The molecule has 0 amide bonds. The lowest BCUT2D eigenvalue weighted by atomic mass is 10.1. The number of anilines is 1. The summed E-state index contributed by atoms with van der Waals surface area (Å²) in [5, 5.41) is 9.34. The molecule has 2 aromatic rings. The number of nitrogens with two attached hydrogens (primary N) is 1. The van der Waals surface area contributed by atoms with Gasteiger partial charge in [-0.3, -0.25) is 0 Å². The van der Waals surface area contributed by atoms with Crippen molar-refractivity contribution in [1.82, 2.24) is 0 Å². The molecule has 3 nitrogen and oxygen atoms in total. The predicted octanol–water partition coefficient (Wildman–Crippen LogP) is 3.99. The summed E-state index contributed by atoms with van der Waals surface area (Å²) in [5.74, 6) is 0.789. The molecule has 2 aromatic carbocycles. The highest BCUT2D eigenvalue weighted by atomic mass is 35.5. The molecule has 0 saturated carbocycles. The van der Waals surface area contributed by atoms with Crippen LogP contribution in [0.15, 0.2) is 30.3 Å². The van der Waals surface area contributed by atoms with E-state index in [-0.39, 0.29) is 0 Å². The summed E-state index contributed by atoms with van der Waals surface area (Å²) in [6.07, 6.45) is 0. The Morgan fingerprint density at radius 2 is 1.95 bits per heavy atom. The minimum atomic E-state index is 0.356. The lowest BCUT2D eigenvalue weighted by molar-refractivity contribution is 0.304. The quantitative estimate of drug-likeness (QED) is 0.868. The van der Waals surface area contributed by atoms with Gasteiger partial charge in [0.05, 0.1) is 11.6 Å². The molecule has 0 unspecified atom stereocenters. The summed E-state index contributed by atoms with van der Waals surface area (Å²) >= 11 is 6.12. The Morgan fingerprint density at radius 3 is 2.60 bits per heavy atom. The first-order valence-electron chi connectivity index (χ1n) is 6.19. The van der Waals surface area contributed by atoms with Crippen LogP contribution >= 0.6 is 11.6 Å². The fourth-order valence-corrected chi connectivity index (χ4v) is 2.09. The number of hydrogen-bond donors (Lipinski definition) is 1. The molecule has 0 atom stereocenters. The number of rotatable bonds is 3. The van der Waals surface area contributed by atoms with Gasteiger partial charge in [0.1, 0.15) is 12.4 Å². The molecule has 0 bridgehead atoms. The van der Waals surface area contributed by atoms with E-state index >= 15 is 0 Å². The minimum absolute atomic E-state index is 0.356. The van der Waals surface area contributed by atoms with Gasteiger partial charge in [-0.05, 0) is 49.2 Å². The van der Waals surface area contributed by atoms with Crippen molar-refractivity contribution in [3.63, 3.8) is 0 Å². The molecule has 0 aliphatic carbocycles. The van der Waals surface area contributed by atoms with Gasteiger partial charge in [0, 0.05) is 16.3 Å². The number of aryl methyl sites for hydroxylation is 2. The predicted molar refractivity (Wildman–Crippen MR) is 80.8 cm³/mol. The molecule has 2 rings (SSSR count). The largest absolute Gasteiger partial charge is 0.489 e. The van der Waals surface area contributed by atoms with E-state index in [1.165, 1.54) is 0 Å². The Morgan fingerprint density at radius 1 is 1.20 bits per heavy atom. The standard InChI is InChI=1S/C16H15ClN2O/c1-10-6-16(11(2)5-15(10)19)20-9-13-4-3-12(8-18)7-14(13)17/h3-7H,9,19H2,1-2H3. The van der Waals surface area contributed by atoms with E-state index in [1.807, 2.05) is 26.0 Å². The van der Waals surface area contributed by atoms with Crippen LogP contribution in [0, 0.1) is 25.2 Å². The highest BCUT2D eigenvalue weighted by molar-refractivity contribution is 6.31. The molecule has 102 valence electrons. The molecule has 0 heterocycles. The van der Waals surface area contributed by atoms with Crippen molar-refractivity contribution in [2.75, 3.05) is 5.73 Å². The third-order valence-electron chi connectivity index (χ3n) is 3.13. The van der Waals surface area contributed by atoms with E-state index in [9.17, 15) is 0 Å². The Labute approximate surface area is 123 Å². The van der Waals surface area contributed by atoms with Gasteiger partial charge >= 0.3 is 0 Å². The van der Waals surface area contributed by atoms with Gasteiger partial charge in [-0.2, -0.15) is 5.26 Å². The molecule has 20 heavy (non-hydrogen) atoms. The topological polar surface area (TPSA) is 59.0 Å². The van der Waals surface area contributed by atoms with E-state index in [1.54, 1.807) is 18.2 Å². The second kappa shape index (κ2) is 5.85.